The molecule has 2 saturated carbocycles. The highest BCUT2D eigenvalue weighted by Gasteiger charge is 2.32. The van der Waals surface area contributed by atoms with Gasteiger partial charge in [0.1, 0.15) is 6.04 Å². The van der Waals surface area contributed by atoms with Gasteiger partial charge in [0.15, 0.2) is 0 Å². The third-order valence-corrected chi connectivity index (χ3v) is 8.56. The predicted molar refractivity (Wildman–Crippen MR) is 138 cm³/mol. The number of pyridine rings is 1. The summed E-state index contributed by atoms with van der Waals surface area (Å²) < 4.78 is 0. The Morgan fingerprint density at radius 3 is 2.68 bits per heavy atom. The fourth-order valence-electron chi connectivity index (χ4n) is 5.03. The molecule has 184 valence electrons. The fourth-order valence-corrected chi connectivity index (χ4v) is 6.10. The molecule has 0 saturated heterocycles. The van der Waals surface area contributed by atoms with Crippen molar-refractivity contribution in [3.8, 4) is 0 Å². The van der Waals surface area contributed by atoms with E-state index in [0.29, 0.717) is 21.7 Å². The lowest BCUT2D eigenvalue weighted by Gasteiger charge is -2.34. The quantitative estimate of drug-likeness (QED) is 0.400. The van der Waals surface area contributed by atoms with Gasteiger partial charge in [-0.25, -0.2) is 0 Å². The molecule has 4 rings (SSSR count). The molecular weight excluding hydrogens is 468 g/mol. The average molecular weight is 503 g/mol. The van der Waals surface area contributed by atoms with E-state index in [2.05, 4.69) is 27.9 Å². The molecule has 0 spiro atoms. The minimum Gasteiger partial charge on any atom is -0.376 e. The van der Waals surface area contributed by atoms with Crippen LogP contribution in [0.5, 0.6) is 0 Å². The van der Waals surface area contributed by atoms with Crippen LogP contribution in [-0.2, 0) is 4.79 Å². The molecule has 0 bridgehead atoms. The van der Waals surface area contributed by atoms with E-state index < -0.39 is 6.04 Å². The summed E-state index contributed by atoms with van der Waals surface area (Å²) in [5.74, 6) is 0.964. The van der Waals surface area contributed by atoms with Gasteiger partial charge in [-0.3, -0.25) is 14.6 Å². The van der Waals surface area contributed by atoms with Crippen LogP contribution in [0.4, 0.5) is 5.69 Å². The van der Waals surface area contributed by atoms with Crippen LogP contribution >= 0.6 is 22.9 Å². The second-order valence-corrected chi connectivity index (χ2v) is 11.6. The summed E-state index contributed by atoms with van der Waals surface area (Å²) >= 11 is 7.54. The predicted octanol–water partition coefficient (Wildman–Crippen LogP) is 5.87. The topological polar surface area (TPSA) is 83.1 Å². The molecule has 0 radical (unpaired) electrons. The molecule has 2 aromatic heterocycles. The number of carbonyl (C=O) groups excluding carboxylic acids is 2. The van der Waals surface area contributed by atoms with Crippen LogP contribution in [0.2, 0.25) is 5.02 Å². The van der Waals surface area contributed by atoms with Gasteiger partial charge in [0, 0.05) is 17.1 Å². The number of aromatic nitrogens is 1. The number of anilines is 1. The molecule has 2 aliphatic rings. The number of hydrogen-bond donors (Lipinski definition) is 3. The number of nitrogens with one attached hydrogen (secondary N) is 3. The standard InChI is InChI=1S/C26H35ClN4O2S/c1-15-10-20(11-15)30-25(32)22(12-18-6-4-5-7-18)31-26(33)24-9-8-23(34-24)17(3)29-21-13-19(27)14-28-16(21)2/h8-9,13-15,17-18,20,22,29H,4-7,10-12H2,1-3H3,(H,30,32)(H,31,33)/t15?,17-,20?,22-/m0/s1. The Morgan fingerprint density at radius 2 is 1.97 bits per heavy atom. The molecule has 2 heterocycles. The number of hydrogen-bond acceptors (Lipinski definition) is 5. The molecule has 2 aliphatic carbocycles. The van der Waals surface area contributed by atoms with Gasteiger partial charge in [0.05, 0.1) is 27.3 Å². The zero-order chi connectivity index (χ0) is 24.2. The second kappa shape index (κ2) is 11.1. The first-order valence-corrected chi connectivity index (χ1v) is 13.6. The average Bonchev–Trinajstić information content (AvgIpc) is 3.47. The van der Waals surface area contributed by atoms with E-state index in [1.165, 1.54) is 24.2 Å². The molecule has 8 heteroatoms. The molecule has 0 unspecified atom stereocenters. The lowest BCUT2D eigenvalue weighted by atomic mass is 9.81. The summed E-state index contributed by atoms with van der Waals surface area (Å²) in [6, 6.07) is 5.42. The minimum absolute atomic E-state index is 0.0105. The summed E-state index contributed by atoms with van der Waals surface area (Å²) in [6.45, 7) is 6.18. The molecule has 2 amide bonds. The first-order chi connectivity index (χ1) is 16.3. The van der Waals surface area contributed by atoms with Crippen molar-refractivity contribution in [3.05, 3.63) is 44.9 Å². The van der Waals surface area contributed by atoms with E-state index in [9.17, 15) is 9.59 Å². The van der Waals surface area contributed by atoms with Gasteiger partial charge < -0.3 is 16.0 Å². The Morgan fingerprint density at radius 1 is 1.24 bits per heavy atom. The molecular formula is C26H35ClN4O2S. The van der Waals surface area contributed by atoms with Gasteiger partial charge in [-0.15, -0.1) is 11.3 Å². The number of aryl methyl sites for hydroxylation is 1. The monoisotopic (exact) mass is 502 g/mol. The van der Waals surface area contributed by atoms with E-state index in [1.54, 1.807) is 6.20 Å². The largest absolute Gasteiger partial charge is 0.376 e. The van der Waals surface area contributed by atoms with Crippen molar-refractivity contribution in [2.75, 3.05) is 5.32 Å². The Labute approximate surface area is 211 Å². The minimum atomic E-state index is -0.479. The third-order valence-electron chi connectivity index (χ3n) is 7.09. The van der Waals surface area contributed by atoms with E-state index in [-0.39, 0.29) is 23.9 Å². The maximum atomic E-state index is 13.1. The Kier molecular flexibility index (Phi) is 8.14. The van der Waals surface area contributed by atoms with E-state index >= 15 is 0 Å². The lowest BCUT2D eigenvalue weighted by Crippen LogP contribution is -2.53. The van der Waals surface area contributed by atoms with Crippen LogP contribution in [0.15, 0.2) is 24.4 Å². The molecule has 2 aromatic rings. The number of nitrogens with zero attached hydrogens (tertiary/aromatic N) is 1. The molecule has 2 fully saturated rings. The van der Waals surface area contributed by atoms with Gasteiger partial charge in [-0.1, -0.05) is 44.2 Å². The number of halogens is 1. The summed E-state index contributed by atoms with van der Waals surface area (Å²) in [4.78, 5) is 32.1. The maximum absolute atomic E-state index is 13.1. The van der Waals surface area contributed by atoms with Crippen molar-refractivity contribution in [1.29, 1.82) is 0 Å². The third kappa shape index (κ3) is 6.30. The fraction of sp³-hybridized carbons (Fsp3) is 0.577. The van der Waals surface area contributed by atoms with Crippen LogP contribution < -0.4 is 16.0 Å². The summed E-state index contributed by atoms with van der Waals surface area (Å²) in [7, 11) is 0. The SMILES string of the molecule is Cc1ncc(Cl)cc1N[C@@H](C)c1ccc(C(=O)N[C@@H](CC2CCCC2)C(=O)NC2CC(C)C2)s1. The Balaban J connectivity index is 1.39. The number of amides is 2. The number of thiophene rings is 1. The maximum Gasteiger partial charge on any atom is 0.262 e. The van der Waals surface area contributed by atoms with Crippen molar-refractivity contribution in [2.45, 2.75) is 83.8 Å². The first kappa shape index (κ1) is 25.0. The van der Waals surface area contributed by atoms with Crippen molar-refractivity contribution in [2.24, 2.45) is 11.8 Å². The Hall–Kier alpha value is -2.12. The molecule has 34 heavy (non-hydrogen) atoms. The smallest absolute Gasteiger partial charge is 0.262 e. The van der Waals surface area contributed by atoms with Gasteiger partial charge in [-0.2, -0.15) is 0 Å². The lowest BCUT2D eigenvalue weighted by molar-refractivity contribution is -0.124. The van der Waals surface area contributed by atoms with Crippen LogP contribution in [0.25, 0.3) is 0 Å². The van der Waals surface area contributed by atoms with E-state index in [0.717, 1.165) is 48.4 Å². The normalized spacial score (nSPS) is 22.0. The van der Waals surface area contributed by atoms with Crippen molar-refractivity contribution < 1.29 is 9.59 Å². The first-order valence-electron chi connectivity index (χ1n) is 12.4. The second-order valence-electron chi connectivity index (χ2n) is 10.0. The molecule has 2 atom stereocenters. The zero-order valence-electron chi connectivity index (χ0n) is 20.2. The van der Waals surface area contributed by atoms with E-state index in [4.69, 9.17) is 11.6 Å². The van der Waals surface area contributed by atoms with Crippen LogP contribution in [0, 0.1) is 18.8 Å². The van der Waals surface area contributed by atoms with Gasteiger partial charge in [0.2, 0.25) is 5.91 Å². The van der Waals surface area contributed by atoms with Crippen molar-refractivity contribution in [1.82, 2.24) is 15.6 Å². The Bertz CT molecular complexity index is 1010. The van der Waals surface area contributed by atoms with Crippen LogP contribution in [0.3, 0.4) is 0 Å². The molecule has 0 aliphatic heterocycles. The van der Waals surface area contributed by atoms with Crippen LogP contribution in [0.1, 0.15) is 85.1 Å². The summed E-state index contributed by atoms with van der Waals surface area (Å²) in [6.07, 6.45) is 9.12. The highest BCUT2D eigenvalue weighted by atomic mass is 35.5. The number of carbonyl (C=O) groups is 2. The van der Waals surface area contributed by atoms with Gasteiger partial charge >= 0.3 is 0 Å². The highest BCUT2D eigenvalue weighted by Crippen LogP contribution is 2.31. The zero-order valence-corrected chi connectivity index (χ0v) is 21.8. The molecule has 0 aromatic carbocycles. The molecule has 6 nitrogen and oxygen atoms in total. The van der Waals surface area contributed by atoms with Crippen molar-refractivity contribution >= 4 is 40.4 Å². The summed E-state index contributed by atoms with van der Waals surface area (Å²) in [5.41, 5.74) is 1.74. The van der Waals surface area contributed by atoms with Crippen LogP contribution in [-0.4, -0.2) is 28.9 Å². The van der Waals surface area contributed by atoms with E-state index in [1.807, 2.05) is 32.0 Å². The summed E-state index contributed by atoms with van der Waals surface area (Å²) in [5, 5.41) is 10.2. The number of rotatable bonds is 9. The highest BCUT2D eigenvalue weighted by molar-refractivity contribution is 7.14. The van der Waals surface area contributed by atoms with Gasteiger partial charge in [0.25, 0.3) is 5.91 Å². The van der Waals surface area contributed by atoms with Gasteiger partial charge in [-0.05, 0) is 63.1 Å². The van der Waals surface area contributed by atoms with Crippen molar-refractivity contribution in [3.63, 3.8) is 0 Å². The molecule has 3 N–H and O–H groups in total.